The minimum absolute atomic E-state index is 0.229. The second-order valence-electron chi connectivity index (χ2n) is 6.32. The van der Waals surface area contributed by atoms with Crippen LogP contribution in [-0.2, 0) is 13.0 Å². The van der Waals surface area contributed by atoms with Gasteiger partial charge in [-0.3, -0.25) is 4.79 Å². The average Bonchev–Trinajstić information content (AvgIpc) is 3.21. The number of carbonyl (C=O) groups excluding carboxylic acids is 1. The number of hydrogen-bond acceptors (Lipinski definition) is 6. The number of nitrogens with one attached hydrogen (secondary N) is 2. The first-order valence-electron chi connectivity index (χ1n) is 9.04. The van der Waals surface area contributed by atoms with E-state index >= 15 is 0 Å². The zero-order valence-corrected chi connectivity index (χ0v) is 15.2. The lowest BCUT2D eigenvalue weighted by Gasteiger charge is -2.07. The molecule has 7 nitrogen and oxygen atoms in total. The lowest BCUT2D eigenvalue weighted by molar-refractivity contribution is 0.0945. The van der Waals surface area contributed by atoms with Crippen LogP contribution in [-0.4, -0.2) is 29.2 Å². The van der Waals surface area contributed by atoms with Crippen molar-refractivity contribution in [2.24, 2.45) is 0 Å². The molecule has 1 aliphatic rings. The molecule has 2 heterocycles. The second kappa shape index (κ2) is 8.39. The normalized spacial score (nSPS) is 11.9. The Morgan fingerprint density at radius 1 is 0.964 bits per heavy atom. The molecule has 28 heavy (non-hydrogen) atoms. The topological polar surface area (TPSA) is 85.4 Å². The van der Waals surface area contributed by atoms with Crippen LogP contribution in [0.1, 0.15) is 21.6 Å². The summed E-state index contributed by atoms with van der Waals surface area (Å²) >= 11 is 0. The first kappa shape index (κ1) is 17.8. The van der Waals surface area contributed by atoms with E-state index in [2.05, 4.69) is 32.7 Å². The number of benzene rings is 2. The Bertz CT molecular complexity index is 946. The molecule has 0 atom stereocenters. The van der Waals surface area contributed by atoms with Crippen molar-refractivity contribution in [2.75, 3.05) is 18.7 Å². The Morgan fingerprint density at radius 2 is 1.82 bits per heavy atom. The van der Waals surface area contributed by atoms with Gasteiger partial charge in [0, 0.05) is 13.1 Å². The number of ether oxygens (including phenoxy) is 2. The molecule has 1 aromatic heterocycles. The first-order valence-corrected chi connectivity index (χ1v) is 9.04. The second-order valence-corrected chi connectivity index (χ2v) is 6.32. The molecule has 0 saturated heterocycles. The molecule has 0 radical (unpaired) electrons. The van der Waals surface area contributed by atoms with Crippen molar-refractivity contribution in [1.29, 1.82) is 0 Å². The van der Waals surface area contributed by atoms with E-state index in [0.29, 0.717) is 18.1 Å². The highest BCUT2D eigenvalue weighted by molar-refractivity contribution is 5.91. The fourth-order valence-electron chi connectivity index (χ4n) is 2.84. The number of fused-ring (bicyclic) bond motifs is 1. The van der Waals surface area contributed by atoms with E-state index in [1.165, 1.54) is 11.8 Å². The van der Waals surface area contributed by atoms with Gasteiger partial charge >= 0.3 is 0 Å². The van der Waals surface area contributed by atoms with Gasteiger partial charge in [0.1, 0.15) is 11.5 Å². The van der Waals surface area contributed by atoms with Gasteiger partial charge in [-0.15, -0.1) is 0 Å². The van der Waals surface area contributed by atoms with E-state index in [9.17, 15) is 4.79 Å². The maximum atomic E-state index is 12.3. The molecule has 2 aromatic carbocycles. The van der Waals surface area contributed by atoms with Crippen molar-refractivity contribution < 1.29 is 14.3 Å². The van der Waals surface area contributed by atoms with Gasteiger partial charge in [0.2, 0.25) is 6.79 Å². The summed E-state index contributed by atoms with van der Waals surface area (Å²) in [6, 6.07) is 15.8. The smallest absolute Gasteiger partial charge is 0.271 e. The lowest BCUT2D eigenvalue weighted by atomic mass is 10.1. The fraction of sp³-hybridized carbons (Fsp3) is 0.190. The third kappa shape index (κ3) is 4.37. The Labute approximate surface area is 162 Å². The Hall–Kier alpha value is -3.61. The summed E-state index contributed by atoms with van der Waals surface area (Å²) in [6.07, 6.45) is 3.93. The molecule has 0 aliphatic carbocycles. The standard InChI is InChI=1S/C21H20N4O3/c26-21(25-11-16-6-7-18-19(10-16)28-14-27-18)17-12-24-20(13-23-17)22-9-8-15-4-2-1-3-5-15/h1-7,10,12-13H,8-9,11,14H2,(H,22,24)(H,25,26). The van der Waals surface area contributed by atoms with Gasteiger partial charge in [-0.2, -0.15) is 0 Å². The van der Waals surface area contributed by atoms with Crippen molar-refractivity contribution in [3.63, 3.8) is 0 Å². The van der Waals surface area contributed by atoms with Crippen LogP contribution in [0.2, 0.25) is 0 Å². The molecule has 3 aromatic rings. The Morgan fingerprint density at radius 3 is 2.64 bits per heavy atom. The zero-order chi connectivity index (χ0) is 19.2. The number of anilines is 1. The van der Waals surface area contributed by atoms with Crippen LogP contribution in [0.25, 0.3) is 0 Å². The third-order valence-electron chi connectivity index (χ3n) is 4.34. The van der Waals surface area contributed by atoms with Gasteiger partial charge in [-0.05, 0) is 29.7 Å². The van der Waals surface area contributed by atoms with Gasteiger partial charge in [-0.25, -0.2) is 9.97 Å². The molecule has 1 amide bonds. The van der Waals surface area contributed by atoms with Gasteiger partial charge in [0.25, 0.3) is 5.91 Å². The number of hydrogen-bond donors (Lipinski definition) is 2. The van der Waals surface area contributed by atoms with Crippen LogP contribution in [0.5, 0.6) is 11.5 Å². The quantitative estimate of drug-likeness (QED) is 0.660. The number of carbonyl (C=O) groups is 1. The molecule has 4 rings (SSSR count). The summed E-state index contributed by atoms with van der Waals surface area (Å²) < 4.78 is 10.6. The lowest BCUT2D eigenvalue weighted by Crippen LogP contribution is -2.24. The predicted molar refractivity (Wildman–Crippen MR) is 104 cm³/mol. The molecular weight excluding hydrogens is 356 g/mol. The van der Waals surface area contributed by atoms with Gasteiger partial charge in [0.15, 0.2) is 11.5 Å². The molecule has 2 N–H and O–H groups in total. The SMILES string of the molecule is O=C(NCc1ccc2c(c1)OCO2)c1cnc(NCCc2ccccc2)cn1. The summed E-state index contributed by atoms with van der Waals surface area (Å²) in [5.74, 6) is 1.78. The fourth-order valence-corrected chi connectivity index (χ4v) is 2.84. The van der Waals surface area contributed by atoms with Gasteiger partial charge in [-0.1, -0.05) is 36.4 Å². The van der Waals surface area contributed by atoms with E-state index in [4.69, 9.17) is 9.47 Å². The van der Waals surface area contributed by atoms with Crippen molar-refractivity contribution >= 4 is 11.7 Å². The Kier molecular flexibility index (Phi) is 5.33. The summed E-state index contributed by atoms with van der Waals surface area (Å²) in [6.45, 7) is 1.34. The maximum absolute atomic E-state index is 12.3. The molecule has 0 spiro atoms. The summed E-state index contributed by atoms with van der Waals surface area (Å²) in [5, 5.41) is 6.04. The zero-order valence-electron chi connectivity index (χ0n) is 15.2. The third-order valence-corrected chi connectivity index (χ3v) is 4.34. The number of aromatic nitrogens is 2. The minimum atomic E-state index is -0.277. The van der Waals surface area contributed by atoms with Gasteiger partial charge < -0.3 is 20.1 Å². The predicted octanol–water partition coefficient (Wildman–Crippen LogP) is 2.79. The summed E-state index contributed by atoms with van der Waals surface area (Å²) in [7, 11) is 0. The maximum Gasteiger partial charge on any atom is 0.271 e. The molecule has 0 saturated carbocycles. The van der Waals surface area contributed by atoms with Crippen molar-refractivity contribution in [3.05, 3.63) is 77.7 Å². The van der Waals surface area contributed by atoms with Crippen LogP contribution in [0, 0.1) is 0 Å². The van der Waals surface area contributed by atoms with E-state index < -0.39 is 0 Å². The highest BCUT2D eigenvalue weighted by Gasteiger charge is 2.14. The molecule has 7 heteroatoms. The molecule has 0 bridgehead atoms. The highest BCUT2D eigenvalue weighted by atomic mass is 16.7. The van der Waals surface area contributed by atoms with Crippen molar-refractivity contribution in [3.8, 4) is 11.5 Å². The minimum Gasteiger partial charge on any atom is -0.454 e. The largest absolute Gasteiger partial charge is 0.454 e. The van der Waals surface area contributed by atoms with Crippen molar-refractivity contribution in [1.82, 2.24) is 15.3 Å². The van der Waals surface area contributed by atoms with Crippen LogP contribution >= 0.6 is 0 Å². The van der Waals surface area contributed by atoms with E-state index in [0.717, 1.165) is 24.3 Å². The Balaban J connectivity index is 1.26. The van der Waals surface area contributed by atoms with Crippen LogP contribution in [0.3, 0.4) is 0 Å². The molecule has 0 unspecified atom stereocenters. The van der Waals surface area contributed by atoms with E-state index in [1.807, 2.05) is 36.4 Å². The van der Waals surface area contributed by atoms with Gasteiger partial charge in [0.05, 0.1) is 12.4 Å². The summed E-state index contributed by atoms with van der Waals surface area (Å²) in [4.78, 5) is 20.7. The van der Waals surface area contributed by atoms with E-state index in [-0.39, 0.29) is 18.4 Å². The average molecular weight is 376 g/mol. The summed E-state index contributed by atoms with van der Waals surface area (Å²) in [5.41, 5.74) is 2.45. The van der Waals surface area contributed by atoms with Crippen LogP contribution in [0.15, 0.2) is 60.9 Å². The highest BCUT2D eigenvalue weighted by Crippen LogP contribution is 2.32. The number of rotatable bonds is 7. The molecule has 1 aliphatic heterocycles. The monoisotopic (exact) mass is 376 g/mol. The van der Waals surface area contributed by atoms with E-state index in [1.54, 1.807) is 6.20 Å². The van der Waals surface area contributed by atoms with Crippen molar-refractivity contribution in [2.45, 2.75) is 13.0 Å². The number of nitrogens with zero attached hydrogens (tertiary/aromatic N) is 2. The molecule has 0 fully saturated rings. The first-order chi connectivity index (χ1) is 13.8. The van der Waals surface area contributed by atoms with Crippen LogP contribution in [0.4, 0.5) is 5.82 Å². The molecular formula is C21H20N4O3. The van der Waals surface area contributed by atoms with Crippen LogP contribution < -0.4 is 20.1 Å². The number of amides is 1. The molecule has 142 valence electrons.